The molecular weight excluding hydrogens is 711 g/mol. The Hall–Kier alpha value is -7.77. The first-order valence-corrected chi connectivity index (χ1v) is 19.7. The lowest BCUT2D eigenvalue weighted by atomic mass is 10.1. The number of allylic oxidation sites excluding steroid dienone is 1. The van der Waals surface area contributed by atoms with Crippen LogP contribution in [0.5, 0.6) is 0 Å². The third-order valence-electron chi connectivity index (χ3n) is 11.8. The van der Waals surface area contributed by atoms with Crippen LogP contribution in [0.2, 0.25) is 0 Å². The van der Waals surface area contributed by atoms with E-state index in [9.17, 15) is 0 Å². The highest BCUT2D eigenvalue weighted by atomic mass is 15.3. The van der Waals surface area contributed by atoms with Crippen molar-refractivity contribution in [2.24, 2.45) is 0 Å². The number of rotatable bonds is 5. The molecule has 274 valence electrons. The van der Waals surface area contributed by atoms with E-state index in [1.165, 1.54) is 10.8 Å². The molecule has 0 unspecified atom stereocenters. The first kappa shape index (κ1) is 32.5. The molecule has 12 aromatic rings. The Bertz CT molecular complexity index is 3410. The second kappa shape index (κ2) is 12.4. The van der Waals surface area contributed by atoms with Crippen LogP contribution in [0.4, 0.5) is 0 Å². The molecule has 0 N–H and O–H groups in total. The molecule has 0 saturated heterocycles. The number of benzene rings is 7. The molecule has 0 bridgehead atoms. The van der Waals surface area contributed by atoms with E-state index >= 15 is 0 Å². The predicted molar refractivity (Wildman–Crippen MR) is 239 cm³/mol. The van der Waals surface area contributed by atoms with E-state index in [1.807, 2.05) is 0 Å². The van der Waals surface area contributed by atoms with Crippen LogP contribution in [0.15, 0.2) is 170 Å². The smallest absolute Gasteiger partial charge is 0.241 e. The van der Waals surface area contributed by atoms with Crippen molar-refractivity contribution in [1.29, 1.82) is 0 Å². The average Bonchev–Trinajstić information content (AvgIpc) is 3.99. The van der Waals surface area contributed by atoms with Gasteiger partial charge < -0.3 is 4.57 Å². The lowest BCUT2D eigenvalue weighted by Crippen LogP contribution is -2.14. The third kappa shape index (κ3) is 4.46. The summed E-state index contributed by atoms with van der Waals surface area (Å²) in [5, 5.41) is 8.13. The van der Waals surface area contributed by atoms with Crippen LogP contribution in [0.1, 0.15) is 18.2 Å². The van der Waals surface area contributed by atoms with Gasteiger partial charge >= 0.3 is 0 Å². The molecule has 7 nitrogen and oxygen atoms in total. The van der Waals surface area contributed by atoms with Gasteiger partial charge in [-0.05, 0) is 62.4 Å². The van der Waals surface area contributed by atoms with Crippen molar-refractivity contribution in [3.05, 3.63) is 181 Å². The number of hydrogen-bond acceptors (Lipinski definition) is 3. The number of fused-ring (bicyclic) bond motifs is 11. The topological polar surface area (TPSA) is 58.4 Å². The van der Waals surface area contributed by atoms with Crippen molar-refractivity contribution in [1.82, 2.24) is 33.2 Å². The zero-order valence-electron chi connectivity index (χ0n) is 31.9. The molecule has 5 aromatic heterocycles. The number of nitrogens with zero attached hydrogens (tertiary/aromatic N) is 7. The summed E-state index contributed by atoms with van der Waals surface area (Å²) in [7, 11) is 0. The summed E-state index contributed by atoms with van der Waals surface area (Å²) >= 11 is 0. The van der Waals surface area contributed by atoms with Crippen molar-refractivity contribution in [2.75, 3.05) is 0 Å². The van der Waals surface area contributed by atoms with Gasteiger partial charge in [0.1, 0.15) is 0 Å². The fourth-order valence-corrected chi connectivity index (χ4v) is 9.37. The Kier molecular flexibility index (Phi) is 6.92. The maximum absolute atomic E-state index is 5.46. The first-order valence-electron chi connectivity index (χ1n) is 19.7. The van der Waals surface area contributed by atoms with Crippen molar-refractivity contribution >= 4 is 82.4 Å². The Labute approximate surface area is 333 Å². The minimum atomic E-state index is 0.545. The van der Waals surface area contributed by atoms with Crippen molar-refractivity contribution in [3.8, 4) is 23.5 Å². The van der Waals surface area contributed by atoms with Gasteiger partial charge in [0.05, 0.1) is 38.6 Å². The first-order chi connectivity index (χ1) is 28.7. The van der Waals surface area contributed by atoms with Gasteiger partial charge in [0.15, 0.2) is 0 Å². The Balaban J connectivity index is 1.24. The molecule has 58 heavy (non-hydrogen) atoms. The minimum Gasteiger partial charge on any atom is -0.309 e. The van der Waals surface area contributed by atoms with Gasteiger partial charge in [-0.3, -0.25) is 13.7 Å². The molecule has 0 spiro atoms. The second-order valence-corrected chi connectivity index (χ2v) is 14.9. The van der Waals surface area contributed by atoms with Gasteiger partial charge in [0.2, 0.25) is 17.8 Å². The van der Waals surface area contributed by atoms with E-state index in [2.05, 4.69) is 208 Å². The molecule has 7 heteroatoms. The summed E-state index contributed by atoms with van der Waals surface area (Å²) in [4.78, 5) is 16.3. The Morgan fingerprint density at radius 3 is 1.24 bits per heavy atom. The van der Waals surface area contributed by atoms with Crippen LogP contribution in [0.3, 0.4) is 0 Å². The van der Waals surface area contributed by atoms with Crippen molar-refractivity contribution in [3.63, 3.8) is 0 Å². The third-order valence-corrected chi connectivity index (χ3v) is 11.8. The maximum atomic E-state index is 5.46. The summed E-state index contributed by atoms with van der Waals surface area (Å²) in [6, 6.07) is 57.9. The highest BCUT2D eigenvalue weighted by Crippen LogP contribution is 2.42. The van der Waals surface area contributed by atoms with Gasteiger partial charge in [-0.2, -0.15) is 15.0 Å². The van der Waals surface area contributed by atoms with Gasteiger partial charge in [0, 0.05) is 54.6 Å². The number of para-hydroxylation sites is 6. The van der Waals surface area contributed by atoms with Crippen LogP contribution in [-0.4, -0.2) is 33.2 Å². The molecule has 0 aliphatic heterocycles. The summed E-state index contributed by atoms with van der Waals surface area (Å²) in [5.74, 6) is 1.64. The van der Waals surface area contributed by atoms with E-state index in [4.69, 9.17) is 15.0 Å². The van der Waals surface area contributed by atoms with Crippen LogP contribution in [0, 0.1) is 6.92 Å². The zero-order chi connectivity index (χ0) is 38.5. The molecule has 12 rings (SSSR count). The average molecular weight is 746 g/mol. The molecule has 0 aliphatic rings. The van der Waals surface area contributed by atoms with Crippen LogP contribution < -0.4 is 0 Å². The second-order valence-electron chi connectivity index (χ2n) is 14.9. The SMILES string of the molecule is C/C=C\c1c(C)n(-c2nc(-n3c4ccccc4c4ccccc43)nc(-n3c4ccccc4c4ccccc43)n2)c2ccc3c4ccccc4n(-c4ccccc4)c3c12. The summed E-state index contributed by atoms with van der Waals surface area (Å²) < 4.78 is 9.01. The number of aromatic nitrogens is 7. The van der Waals surface area contributed by atoms with E-state index in [-0.39, 0.29) is 0 Å². The van der Waals surface area contributed by atoms with Gasteiger partial charge in [-0.1, -0.05) is 127 Å². The molecule has 0 aliphatic carbocycles. The lowest BCUT2D eigenvalue weighted by Gasteiger charge is -2.14. The van der Waals surface area contributed by atoms with E-state index in [1.54, 1.807) is 0 Å². The summed E-state index contributed by atoms with van der Waals surface area (Å²) in [6.45, 7) is 4.26. The monoisotopic (exact) mass is 745 g/mol. The molecule has 0 amide bonds. The highest BCUT2D eigenvalue weighted by Gasteiger charge is 2.25. The normalized spacial score (nSPS) is 12.2. The van der Waals surface area contributed by atoms with E-state index in [0.717, 1.165) is 82.5 Å². The molecular formula is C51H35N7. The molecule has 0 saturated carbocycles. The maximum Gasteiger partial charge on any atom is 0.241 e. The van der Waals surface area contributed by atoms with Gasteiger partial charge in [0.25, 0.3) is 0 Å². The van der Waals surface area contributed by atoms with Gasteiger partial charge in [-0.15, -0.1) is 0 Å². The van der Waals surface area contributed by atoms with Crippen LogP contribution in [0.25, 0.3) is 106 Å². The van der Waals surface area contributed by atoms with Crippen molar-refractivity contribution < 1.29 is 0 Å². The van der Waals surface area contributed by atoms with Gasteiger partial charge in [-0.25, -0.2) is 0 Å². The summed E-state index contributed by atoms with van der Waals surface area (Å²) in [5.41, 5.74) is 10.7. The minimum absolute atomic E-state index is 0.545. The Morgan fingerprint density at radius 2 is 0.776 bits per heavy atom. The molecule has 0 radical (unpaired) electrons. The van der Waals surface area contributed by atoms with E-state index in [0.29, 0.717) is 17.8 Å². The molecule has 7 aromatic carbocycles. The molecule has 5 heterocycles. The zero-order valence-corrected chi connectivity index (χ0v) is 31.9. The predicted octanol–water partition coefficient (Wildman–Crippen LogP) is 12.4. The molecule has 0 fully saturated rings. The Morgan fingerprint density at radius 1 is 0.379 bits per heavy atom. The number of hydrogen-bond donors (Lipinski definition) is 0. The highest BCUT2D eigenvalue weighted by molar-refractivity contribution is 6.20. The van der Waals surface area contributed by atoms with Crippen LogP contribution >= 0.6 is 0 Å². The standard InChI is InChI=1S/C51H35N7/c1-3-17-34-32(2)55(46-31-30-40-39-24-11-12-25-41(39)56(48(40)47(34)46)33-18-5-4-6-19-33)49-52-50(57-42-26-13-7-20-35(42)36-21-8-14-27-43(36)57)54-51(53-49)58-44-28-15-9-22-37(44)38-23-10-16-29-45(38)58/h3-31H,1-2H3/b17-3-. The van der Waals surface area contributed by atoms with Crippen LogP contribution in [-0.2, 0) is 0 Å². The molecule has 0 atom stereocenters. The fraction of sp³-hybridized carbons (Fsp3) is 0.0392. The summed E-state index contributed by atoms with van der Waals surface area (Å²) in [6.07, 6.45) is 4.35. The van der Waals surface area contributed by atoms with Crippen molar-refractivity contribution in [2.45, 2.75) is 13.8 Å². The van der Waals surface area contributed by atoms with E-state index < -0.39 is 0 Å². The quantitative estimate of drug-likeness (QED) is 0.176. The fourth-order valence-electron chi connectivity index (χ4n) is 9.37. The lowest BCUT2D eigenvalue weighted by molar-refractivity contribution is 0.829. The largest absolute Gasteiger partial charge is 0.309 e.